The van der Waals surface area contributed by atoms with E-state index >= 15 is 0 Å². The Balaban J connectivity index is 2.32. The lowest BCUT2D eigenvalue weighted by Crippen LogP contribution is -2.03. The van der Waals surface area contributed by atoms with E-state index in [2.05, 4.69) is 47.1 Å². The second-order valence-electron chi connectivity index (χ2n) is 3.46. The quantitative estimate of drug-likeness (QED) is 0.861. The van der Waals surface area contributed by atoms with Crippen LogP contribution in [0.5, 0.6) is 0 Å². The number of nitrogens with zero attached hydrogens (tertiary/aromatic N) is 2. The Morgan fingerprint density at radius 1 is 1.12 bits per heavy atom. The predicted molar refractivity (Wildman–Crippen MR) is 76.3 cm³/mol. The summed E-state index contributed by atoms with van der Waals surface area (Å²) in [5.41, 5.74) is 7.35. The third kappa shape index (κ3) is 2.95. The largest absolute Gasteiger partial charge is 0.368 e. The minimum atomic E-state index is 0.255. The van der Waals surface area contributed by atoms with Gasteiger partial charge < -0.3 is 11.1 Å². The lowest BCUT2D eigenvalue weighted by Gasteiger charge is -2.09. The van der Waals surface area contributed by atoms with Crippen LogP contribution in [0.2, 0.25) is 0 Å². The highest BCUT2D eigenvalue weighted by Gasteiger charge is 2.07. The fourth-order valence-electron chi connectivity index (χ4n) is 1.33. The molecular formula is C11H10Br2N4. The summed E-state index contributed by atoms with van der Waals surface area (Å²) in [6.07, 6.45) is 0. The Bertz CT molecular complexity index is 540. The Labute approximate surface area is 116 Å². The van der Waals surface area contributed by atoms with E-state index in [9.17, 15) is 0 Å². The average molecular weight is 358 g/mol. The number of nitrogens with two attached hydrogens (primary N) is 1. The van der Waals surface area contributed by atoms with Gasteiger partial charge >= 0.3 is 0 Å². The summed E-state index contributed by atoms with van der Waals surface area (Å²) in [5.74, 6) is 0.919. The topological polar surface area (TPSA) is 63.8 Å². The molecule has 6 heteroatoms. The molecular weight excluding hydrogens is 348 g/mol. The van der Waals surface area contributed by atoms with Crippen LogP contribution in [0.4, 0.5) is 17.5 Å². The molecule has 88 valence electrons. The molecule has 2 aromatic rings. The molecule has 0 radical (unpaired) electrons. The van der Waals surface area contributed by atoms with Gasteiger partial charge in [0, 0.05) is 10.2 Å². The van der Waals surface area contributed by atoms with Crippen molar-refractivity contribution < 1.29 is 0 Å². The predicted octanol–water partition coefficient (Wildman–Crippen LogP) is 3.64. The van der Waals surface area contributed by atoms with Crippen LogP contribution < -0.4 is 11.1 Å². The number of halogens is 2. The maximum atomic E-state index is 5.62. The lowest BCUT2D eigenvalue weighted by molar-refractivity contribution is 1.10. The van der Waals surface area contributed by atoms with Gasteiger partial charge in [-0.05, 0) is 47.1 Å². The third-order valence-corrected chi connectivity index (χ3v) is 3.62. The van der Waals surface area contributed by atoms with E-state index < -0.39 is 0 Å². The molecule has 0 aliphatic rings. The van der Waals surface area contributed by atoms with E-state index in [0.717, 1.165) is 20.3 Å². The highest BCUT2D eigenvalue weighted by molar-refractivity contribution is 9.11. The number of anilines is 3. The zero-order chi connectivity index (χ0) is 12.4. The highest BCUT2D eigenvalue weighted by Crippen LogP contribution is 2.27. The van der Waals surface area contributed by atoms with Crippen LogP contribution in [0.25, 0.3) is 0 Å². The molecule has 0 fully saturated rings. The second kappa shape index (κ2) is 5.01. The summed E-state index contributed by atoms with van der Waals surface area (Å²) in [7, 11) is 0. The minimum absolute atomic E-state index is 0.255. The Hall–Kier alpha value is -1.14. The normalized spacial score (nSPS) is 10.3. The second-order valence-corrected chi connectivity index (χ2v) is 5.17. The molecule has 0 amide bonds. The summed E-state index contributed by atoms with van der Waals surface area (Å²) < 4.78 is 1.84. The van der Waals surface area contributed by atoms with Crippen molar-refractivity contribution in [2.24, 2.45) is 0 Å². The summed E-state index contributed by atoms with van der Waals surface area (Å²) in [6.45, 7) is 1.87. The van der Waals surface area contributed by atoms with Crippen LogP contribution >= 0.6 is 31.9 Å². The average Bonchev–Trinajstić information content (AvgIpc) is 2.28. The van der Waals surface area contributed by atoms with Gasteiger partial charge in [0.25, 0.3) is 0 Å². The van der Waals surface area contributed by atoms with Crippen LogP contribution in [0, 0.1) is 6.92 Å². The minimum Gasteiger partial charge on any atom is -0.368 e. The van der Waals surface area contributed by atoms with Crippen LogP contribution in [0.3, 0.4) is 0 Å². The Morgan fingerprint density at radius 2 is 1.76 bits per heavy atom. The van der Waals surface area contributed by atoms with Gasteiger partial charge in [-0.15, -0.1) is 0 Å². The fourth-order valence-corrected chi connectivity index (χ4v) is 1.87. The molecule has 4 nitrogen and oxygen atoms in total. The lowest BCUT2D eigenvalue weighted by atomic mass is 10.3. The highest BCUT2D eigenvalue weighted by atomic mass is 79.9. The molecule has 1 heterocycles. The number of aromatic nitrogens is 2. The van der Waals surface area contributed by atoms with Gasteiger partial charge in [0.15, 0.2) is 5.82 Å². The van der Waals surface area contributed by atoms with Gasteiger partial charge in [-0.2, -0.15) is 4.98 Å². The van der Waals surface area contributed by atoms with Crippen molar-refractivity contribution in [3.8, 4) is 0 Å². The monoisotopic (exact) mass is 356 g/mol. The molecule has 0 aliphatic carbocycles. The first-order valence-corrected chi connectivity index (χ1v) is 6.47. The maximum absolute atomic E-state index is 5.62. The first-order chi connectivity index (χ1) is 8.06. The zero-order valence-corrected chi connectivity index (χ0v) is 12.2. The van der Waals surface area contributed by atoms with Crippen LogP contribution in [0.1, 0.15) is 5.69 Å². The van der Waals surface area contributed by atoms with Crippen molar-refractivity contribution in [1.29, 1.82) is 0 Å². The van der Waals surface area contributed by atoms with Crippen LogP contribution in [-0.4, -0.2) is 9.97 Å². The molecule has 3 N–H and O–H groups in total. The van der Waals surface area contributed by atoms with E-state index in [4.69, 9.17) is 5.73 Å². The van der Waals surface area contributed by atoms with Crippen molar-refractivity contribution >= 4 is 49.3 Å². The molecule has 0 saturated carbocycles. The van der Waals surface area contributed by atoms with Gasteiger partial charge in [0.2, 0.25) is 5.95 Å². The molecule has 0 aliphatic heterocycles. The molecule has 1 aromatic carbocycles. The molecule has 0 saturated heterocycles. The summed E-state index contributed by atoms with van der Waals surface area (Å²) in [5, 5.41) is 3.18. The number of hydrogen-bond acceptors (Lipinski definition) is 4. The van der Waals surface area contributed by atoms with E-state index in [0.29, 0.717) is 5.82 Å². The van der Waals surface area contributed by atoms with Crippen molar-refractivity contribution in [2.45, 2.75) is 6.92 Å². The first kappa shape index (κ1) is 12.3. The van der Waals surface area contributed by atoms with Gasteiger partial charge in [-0.25, -0.2) is 4.98 Å². The van der Waals surface area contributed by atoms with Crippen molar-refractivity contribution in [2.75, 3.05) is 11.1 Å². The van der Waals surface area contributed by atoms with Gasteiger partial charge in [-0.3, -0.25) is 0 Å². The molecule has 0 spiro atoms. The van der Waals surface area contributed by atoms with Crippen LogP contribution in [0.15, 0.2) is 33.2 Å². The van der Waals surface area contributed by atoms with E-state index in [1.807, 2.05) is 31.2 Å². The summed E-state index contributed by atoms with van der Waals surface area (Å²) in [6, 6.07) is 7.80. The molecule has 1 aromatic heterocycles. The van der Waals surface area contributed by atoms with E-state index in [1.54, 1.807) is 0 Å². The number of rotatable bonds is 2. The molecule has 2 rings (SSSR count). The zero-order valence-electron chi connectivity index (χ0n) is 9.04. The maximum Gasteiger partial charge on any atom is 0.222 e. The molecule has 0 bridgehead atoms. The standard InChI is InChI=1S/C11H10Br2N4/c1-6-9(13)10(17-11(14)15-6)16-8-4-2-7(12)3-5-8/h2-5H,1H3,(H3,14,15,16,17). The number of hydrogen-bond donors (Lipinski definition) is 2. The van der Waals surface area contributed by atoms with Gasteiger partial charge in [-0.1, -0.05) is 15.9 Å². The third-order valence-electron chi connectivity index (χ3n) is 2.14. The molecule has 0 unspecified atom stereocenters. The summed E-state index contributed by atoms with van der Waals surface area (Å²) >= 11 is 6.82. The van der Waals surface area contributed by atoms with Crippen LogP contribution in [-0.2, 0) is 0 Å². The Morgan fingerprint density at radius 3 is 2.41 bits per heavy atom. The SMILES string of the molecule is Cc1nc(N)nc(Nc2ccc(Br)cc2)c1Br. The number of nitrogen functional groups attached to an aromatic ring is 1. The van der Waals surface area contributed by atoms with Gasteiger partial charge in [0.05, 0.1) is 10.2 Å². The van der Waals surface area contributed by atoms with Crippen molar-refractivity contribution in [1.82, 2.24) is 9.97 Å². The smallest absolute Gasteiger partial charge is 0.222 e. The molecule has 17 heavy (non-hydrogen) atoms. The van der Waals surface area contributed by atoms with Crippen molar-refractivity contribution in [3.05, 3.63) is 38.9 Å². The Kier molecular flexibility index (Phi) is 3.63. The summed E-state index contributed by atoms with van der Waals surface area (Å²) in [4.78, 5) is 8.21. The van der Waals surface area contributed by atoms with Crippen molar-refractivity contribution in [3.63, 3.8) is 0 Å². The van der Waals surface area contributed by atoms with E-state index in [-0.39, 0.29) is 5.95 Å². The molecule has 0 atom stereocenters. The fraction of sp³-hybridized carbons (Fsp3) is 0.0909. The van der Waals surface area contributed by atoms with E-state index in [1.165, 1.54) is 0 Å². The van der Waals surface area contributed by atoms with Gasteiger partial charge in [0.1, 0.15) is 0 Å². The first-order valence-electron chi connectivity index (χ1n) is 4.88. The number of nitrogens with one attached hydrogen (secondary N) is 1. The number of benzene rings is 1. The number of aryl methyl sites for hydroxylation is 1.